The Bertz CT molecular complexity index is 129. The number of unbranched alkanes of at least 4 members (excludes halogenated alkanes) is 1. The first kappa shape index (κ1) is 8.79. The lowest BCUT2D eigenvalue weighted by molar-refractivity contribution is 0.0532. The minimum absolute atomic E-state index is 0.408. The molecule has 2 atom stereocenters. The van der Waals surface area contributed by atoms with Crippen LogP contribution in [0.25, 0.3) is 0 Å². The summed E-state index contributed by atoms with van der Waals surface area (Å²) in [6, 6.07) is 0. The molecule has 2 unspecified atom stereocenters. The van der Waals surface area contributed by atoms with Crippen LogP contribution in [0.1, 0.15) is 33.1 Å². The van der Waals surface area contributed by atoms with Crippen LogP contribution < -0.4 is 0 Å². The standard InChI is InChI=1S/C10H18O/c1-3-4-5-10-7-6-9(2)8-11-10/h6-7,9-10H,3-5,8H2,1-2H3. The Morgan fingerprint density at radius 3 is 2.82 bits per heavy atom. The minimum Gasteiger partial charge on any atom is -0.374 e. The van der Waals surface area contributed by atoms with E-state index >= 15 is 0 Å². The summed E-state index contributed by atoms with van der Waals surface area (Å²) >= 11 is 0. The van der Waals surface area contributed by atoms with Crippen molar-refractivity contribution in [2.45, 2.75) is 39.2 Å². The van der Waals surface area contributed by atoms with Crippen molar-refractivity contribution in [3.05, 3.63) is 12.2 Å². The highest BCUT2D eigenvalue weighted by atomic mass is 16.5. The van der Waals surface area contributed by atoms with Crippen molar-refractivity contribution in [1.82, 2.24) is 0 Å². The largest absolute Gasteiger partial charge is 0.374 e. The van der Waals surface area contributed by atoms with E-state index in [-0.39, 0.29) is 0 Å². The van der Waals surface area contributed by atoms with E-state index in [0.29, 0.717) is 12.0 Å². The molecular formula is C10H18O. The van der Waals surface area contributed by atoms with Gasteiger partial charge in [0.2, 0.25) is 0 Å². The summed E-state index contributed by atoms with van der Waals surface area (Å²) < 4.78 is 5.61. The number of hydrogen-bond donors (Lipinski definition) is 0. The van der Waals surface area contributed by atoms with E-state index in [1.165, 1.54) is 19.3 Å². The maximum Gasteiger partial charge on any atom is 0.0756 e. The van der Waals surface area contributed by atoms with Crippen molar-refractivity contribution in [3.8, 4) is 0 Å². The Kier molecular flexibility index (Phi) is 3.64. The van der Waals surface area contributed by atoms with Crippen LogP contribution >= 0.6 is 0 Å². The Morgan fingerprint density at radius 2 is 2.27 bits per heavy atom. The highest BCUT2D eigenvalue weighted by Crippen LogP contribution is 2.14. The first-order valence-corrected chi connectivity index (χ1v) is 4.63. The summed E-state index contributed by atoms with van der Waals surface area (Å²) in [6.07, 6.45) is 8.63. The van der Waals surface area contributed by atoms with Gasteiger partial charge in [0.05, 0.1) is 12.7 Å². The molecule has 64 valence electrons. The van der Waals surface area contributed by atoms with Crippen molar-refractivity contribution >= 4 is 0 Å². The summed E-state index contributed by atoms with van der Waals surface area (Å²) in [6.45, 7) is 5.31. The number of rotatable bonds is 3. The monoisotopic (exact) mass is 154 g/mol. The first-order chi connectivity index (χ1) is 5.33. The molecule has 0 saturated carbocycles. The lowest BCUT2D eigenvalue weighted by Crippen LogP contribution is -2.19. The van der Waals surface area contributed by atoms with Gasteiger partial charge in [-0.3, -0.25) is 0 Å². The molecule has 1 aliphatic heterocycles. The molecule has 11 heavy (non-hydrogen) atoms. The van der Waals surface area contributed by atoms with Gasteiger partial charge in [0.25, 0.3) is 0 Å². The van der Waals surface area contributed by atoms with E-state index in [0.717, 1.165) is 6.61 Å². The molecule has 1 nitrogen and oxygen atoms in total. The highest BCUT2D eigenvalue weighted by Gasteiger charge is 2.11. The molecule has 0 saturated heterocycles. The topological polar surface area (TPSA) is 9.23 Å². The van der Waals surface area contributed by atoms with E-state index in [9.17, 15) is 0 Å². The van der Waals surface area contributed by atoms with Gasteiger partial charge in [-0.2, -0.15) is 0 Å². The first-order valence-electron chi connectivity index (χ1n) is 4.63. The second kappa shape index (κ2) is 4.55. The zero-order valence-corrected chi connectivity index (χ0v) is 7.55. The zero-order valence-electron chi connectivity index (χ0n) is 7.55. The Labute approximate surface area is 69.4 Å². The third-order valence-corrected chi connectivity index (χ3v) is 2.07. The van der Waals surface area contributed by atoms with Gasteiger partial charge in [-0.05, 0) is 12.3 Å². The molecule has 1 heterocycles. The summed E-state index contributed by atoms with van der Waals surface area (Å²) in [4.78, 5) is 0. The van der Waals surface area contributed by atoms with Gasteiger partial charge in [-0.25, -0.2) is 0 Å². The van der Waals surface area contributed by atoms with Gasteiger partial charge in [0, 0.05) is 0 Å². The fourth-order valence-electron chi connectivity index (χ4n) is 1.28. The van der Waals surface area contributed by atoms with Crippen molar-refractivity contribution in [2.75, 3.05) is 6.61 Å². The van der Waals surface area contributed by atoms with E-state index in [1.807, 2.05) is 0 Å². The average molecular weight is 154 g/mol. The highest BCUT2D eigenvalue weighted by molar-refractivity contribution is 4.96. The Hall–Kier alpha value is -0.300. The summed E-state index contributed by atoms with van der Waals surface area (Å²) in [5.41, 5.74) is 0. The van der Waals surface area contributed by atoms with Crippen molar-refractivity contribution in [3.63, 3.8) is 0 Å². The molecule has 0 aromatic rings. The zero-order chi connectivity index (χ0) is 8.10. The molecule has 0 aromatic heterocycles. The maximum absolute atomic E-state index is 5.61. The van der Waals surface area contributed by atoms with Crippen LogP contribution in [-0.4, -0.2) is 12.7 Å². The van der Waals surface area contributed by atoms with E-state index in [2.05, 4.69) is 26.0 Å². The number of hydrogen-bond acceptors (Lipinski definition) is 1. The molecule has 1 heteroatoms. The Morgan fingerprint density at radius 1 is 1.45 bits per heavy atom. The maximum atomic E-state index is 5.61. The fourth-order valence-corrected chi connectivity index (χ4v) is 1.28. The van der Waals surface area contributed by atoms with Crippen LogP contribution in [0.5, 0.6) is 0 Å². The van der Waals surface area contributed by atoms with Crippen LogP contribution in [0.4, 0.5) is 0 Å². The van der Waals surface area contributed by atoms with E-state index in [1.54, 1.807) is 0 Å². The third kappa shape index (κ3) is 3.06. The quantitative estimate of drug-likeness (QED) is 0.568. The van der Waals surface area contributed by atoms with Gasteiger partial charge in [0.15, 0.2) is 0 Å². The molecule has 0 radical (unpaired) electrons. The van der Waals surface area contributed by atoms with Gasteiger partial charge < -0.3 is 4.74 Å². The molecule has 1 aliphatic rings. The Balaban J connectivity index is 2.21. The molecule has 0 fully saturated rings. The molecule has 0 bridgehead atoms. The second-order valence-corrected chi connectivity index (χ2v) is 3.38. The lowest BCUT2D eigenvalue weighted by atomic mass is 10.1. The minimum atomic E-state index is 0.408. The number of ether oxygens (including phenoxy) is 1. The van der Waals surface area contributed by atoms with E-state index < -0.39 is 0 Å². The SMILES string of the molecule is CCCCC1C=CC(C)CO1. The van der Waals surface area contributed by atoms with Crippen molar-refractivity contribution in [2.24, 2.45) is 5.92 Å². The second-order valence-electron chi connectivity index (χ2n) is 3.38. The van der Waals surface area contributed by atoms with E-state index in [4.69, 9.17) is 4.74 Å². The van der Waals surface area contributed by atoms with Crippen LogP contribution in [0.15, 0.2) is 12.2 Å². The summed E-state index contributed by atoms with van der Waals surface area (Å²) in [5.74, 6) is 0.618. The predicted molar refractivity (Wildman–Crippen MR) is 47.6 cm³/mol. The van der Waals surface area contributed by atoms with Gasteiger partial charge in [0.1, 0.15) is 0 Å². The van der Waals surface area contributed by atoms with Crippen LogP contribution in [0, 0.1) is 5.92 Å². The predicted octanol–water partition coefficient (Wildman–Crippen LogP) is 2.77. The average Bonchev–Trinajstić information content (AvgIpc) is 2.04. The summed E-state index contributed by atoms with van der Waals surface area (Å²) in [5, 5.41) is 0. The third-order valence-electron chi connectivity index (χ3n) is 2.07. The lowest BCUT2D eigenvalue weighted by Gasteiger charge is -2.20. The van der Waals surface area contributed by atoms with Gasteiger partial charge in [-0.15, -0.1) is 0 Å². The molecule has 0 amide bonds. The van der Waals surface area contributed by atoms with Crippen molar-refractivity contribution < 1.29 is 4.74 Å². The molecule has 1 rings (SSSR count). The summed E-state index contributed by atoms with van der Waals surface area (Å²) in [7, 11) is 0. The normalized spacial score (nSPS) is 30.7. The smallest absolute Gasteiger partial charge is 0.0756 e. The molecule has 0 aliphatic carbocycles. The molecule has 0 N–H and O–H groups in total. The van der Waals surface area contributed by atoms with Crippen LogP contribution in [0.2, 0.25) is 0 Å². The van der Waals surface area contributed by atoms with Crippen molar-refractivity contribution in [1.29, 1.82) is 0 Å². The van der Waals surface area contributed by atoms with Crippen LogP contribution in [-0.2, 0) is 4.74 Å². The molecular weight excluding hydrogens is 136 g/mol. The van der Waals surface area contributed by atoms with Crippen LogP contribution in [0.3, 0.4) is 0 Å². The molecule has 0 spiro atoms. The van der Waals surface area contributed by atoms with Gasteiger partial charge in [-0.1, -0.05) is 38.8 Å². The molecule has 0 aromatic carbocycles. The van der Waals surface area contributed by atoms with Gasteiger partial charge >= 0.3 is 0 Å². The fraction of sp³-hybridized carbons (Fsp3) is 0.800.